The van der Waals surface area contributed by atoms with Gasteiger partial charge in [-0.05, 0) is 12.5 Å². The van der Waals surface area contributed by atoms with Gasteiger partial charge in [0, 0.05) is 26.5 Å². The van der Waals surface area contributed by atoms with Crippen molar-refractivity contribution in [1.82, 2.24) is 20.2 Å². The van der Waals surface area contributed by atoms with E-state index in [1.807, 2.05) is 38.3 Å². The summed E-state index contributed by atoms with van der Waals surface area (Å²) >= 11 is 0. The summed E-state index contributed by atoms with van der Waals surface area (Å²) in [5, 5.41) is 10.0. The van der Waals surface area contributed by atoms with Crippen molar-refractivity contribution in [2.24, 2.45) is 0 Å². The Labute approximate surface area is 87.7 Å². The Balaban J connectivity index is 2.15. The molecule has 0 aliphatic carbocycles. The zero-order chi connectivity index (χ0) is 10.8. The number of hydrogen-bond donors (Lipinski definition) is 3. The Hall–Kier alpha value is -1.98. The number of nitrogens with zero attached hydrogens (tertiary/aromatic N) is 3. The first-order valence-electron chi connectivity index (χ1n) is 4.67. The fraction of sp³-hybridized carbons (Fsp3) is 0.333. The van der Waals surface area contributed by atoms with E-state index in [-0.39, 0.29) is 0 Å². The van der Waals surface area contributed by atoms with Gasteiger partial charge in [0.05, 0.1) is 5.69 Å². The first-order valence-corrected chi connectivity index (χ1v) is 4.67. The molecule has 0 radical (unpaired) electrons. The Kier molecular flexibility index (Phi) is 2.32. The molecular weight excluding hydrogens is 192 g/mol. The zero-order valence-electron chi connectivity index (χ0n) is 9.00. The minimum absolute atomic E-state index is 0.640. The highest BCUT2D eigenvalue weighted by molar-refractivity contribution is 5.57. The molecular formula is C9H14N6. The normalized spacial score (nSPS) is 10.3. The van der Waals surface area contributed by atoms with Crippen LogP contribution in [0.4, 0.5) is 17.6 Å². The Morgan fingerprint density at radius 2 is 2.13 bits per heavy atom. The molecule has 6 nitrogen and oxygen atoms in total. The maximum Gasteiger partial charge on any atom is 0.245 e. The van der Waals surface area contributed by atoms with Crippen molar-refractivity contribution in [3.05, 3.63) is 18.0 Å². The van der Waals surface area contributed by atoms with E-state index >= 15 is 0 Å². The SMILES string of the molecule is Cc1c[nH]cc1Nc1nc(N(C)C)n[nH]1. The van der Waals surface area contributed by atoms with E-state index in [1.54, 1.807) is 0 Å². The number of hydrogen-bond acceptors (Lipinski definition) is 4. The number of anilines is 3. The van der Waals surface area contributed by atoms with Crippen molar-refractivity contribution in [3.8, 4) is 0 Å². The van der Waals surface area contributed by atoms with E-state index in [4.69, 9.17) is 0 Å². The van der Waals surface area contributed by atoms with Crippen LogP contribution in [0.3, 0.4) is 0 Å². The number of nitrogens with one attached hydrogen (secondary N) is 3. The number of aromatic nitrogens is 4. The predicted molar refractivity (Wildman–Crippen MR) is 59.5 cm³/mol. The van der Waals surface area contributed by atoms with Gasteiger partial charge in [-0.1, -0.05) is 0 Å². The third-order valence-electron chi connectivity index (χ3n) is 2.08. The molecule has 15 heavy (non-hydrogen) atoms. The summed E-state index contributed by atoms with van der Waals surface area (Å²) in [6.07, 6.45) is 3.80. The number of H-pyrrole nitrogens is 2. The topological polar surface area (TPSA) is 72.6 Å². The highest BCUT2D eigenvalue weighted by Crippen LogP contribution is 2.17. The molecule has 0 saturated heterocycles. The van der Waals surface area contributed by atoms with Gasteiger partial charge in [-0.3, -0.25) is 0 Å². The quantitative estimate of drug-likeness (QED) is 0.706. The molecule has 2 heterocycles. The average molecular weight is 206 g/mol. The standard InChI is InChI=1S/C9H14N6/c1-6-4-10-5-7(6)11-8-12-9(14-13-8)15(2)3/h4-5,10H,1-3H3,(H2,11,12,13,14). The average Bonchev–Trinajstić information content (AvgIpc) is 2.77. The maximum atomic E-state index is 4.26. The van der Waals surface area contributed by atoms with E-state index in [2.05, 4.69) is 25.5 Å². The summed E-state index contributed by atoms with van der Waals surface area (Å²) in [6, 6.07) is 0. The number of aryl methyl sites for hydroxylation is 1. The van der Waals surface area contributed by atoms with Crippen LogP contribution in [0.15, 0.2) is 12.4 Å². The molecule has 6 heteroatoms. The van der Waals surface area contributed by atoms with Crippen LogP contribution in [0, 0.1) is 6.92 Å². The van der Waals surface area contributed by atoms with Crippen LogP contribution in [0.25, 0.3) is 0 Å². The lowest BCUT2D eigenvalue weighted by molar-refractivity contribution is 0.999. The van der Waals surface area contributed by atoms with Gasteiger partial charge in [-0.15, -0.1) is 5.10 Å². The third-order valence-corrected chi connectivity index (χ3v) is 2.08. The van der Waals surface area contributed by atoms with E-state index in [9.17, 15) is 0 Å². The van der Waals surface area contributed by atoms with Gasteiger partial charge in [0.1, 0.15) is 0 Å². The second-order valence-electron chi connectivity index (χ2n) is 3.56. The summed E-state index contributed by atoms with van der Waals surface area (Å²) in [6.45, 7) is 2.02. The van der Waals surface area contributed by atoms with Crippen molar-refractivity contribution in [1.29, 1.82) is 0 Å². The van der Waals surface area contributed by atoms with E-state index < -0.39 is 0 Å². The summed E-state index contributed by atoms with van der Waals surface area (Å²) < 4.78 is 0. The van der Waals surface area contributed by atoms with E-state index in [0.717, 1.165) is 11.3 Å². The molecule has 0 atom stereocenters. The fourth-order valence-corrected chi connectivity index (χ4v) is 1.21. The number of rotatable bonds is 3. The first-order chi connectivity index (χ1) is 7.16. The number of aromatic amines is 2. The zero-order valence-corrected chi connectivity index (χ0v) is 9.00. The lowest BCUT2D eigenvalue weighted by atomic mass is 10.3. The van der Waals surface area contributed by atoms with Crippen LogP contribution in [0.1, 0.15) is 5.56 Å². The van der Waals surface area contributed by atoms with Crippen LogP contribution in [0.5, 0.6) is 0 Å². The summed E-state index contributed by atoms with van der Waals surface area (Å²) in [5.74, 6) is 1.30. The molecule has 3 N–H and O–H groups in total. The highest BCUT2D eigenvalue weighted by Gasteiger charge is 2.05. The van der Waals surface area contributed by atoms with Gasteiger partial charge in [0.2, 0.25) is 11.9 Å². The van der Waals surface area contributed by atoms with E-state index in [1.165, 1.54) is 0 Å². The molecule has 0 bridgehead atoms. The maximum absolute atomic E-state index is 4.26. The lowest BCUT2D eigenvalue weighted by Gasteiger charge is -2.03. The van der Waals surface area contributed by atoms with Gasteiger partial charge < -0.3 is 15.2 Å². The molecule has 0 aliphatic heterocycles. The predicted octanol–water partition coefficient (Wildman–Crippen LogP) is 1.25. The van der Waals surface area contributed by atoms with Gasteiger partial charge >= 0.3 is 0 Å². The summed E-state index contributed by atoms with van der Waals surface area (Å²) in [5.41, 5.74) is 2.13. The Morgan fingerprint density at radius 3 is 2.67 bits per heavy atom. The van der Waals surface area contributed by atoms with Gasteiger partial charge in [0.25, 0.3) is 0 Å². The molecule has 0 saturated carbocycles. The summed E-state index contributed by atoms with van der Waals surface area (Å²) in [7, 11) is 3.79. The van der Waals surface area contributed by atoms with Crippen LogP contribution in [-0.2, 0) is 0 Å². The monoisotopic (exact) mass is 206 g/mol. The molecule has 0 amide bonds. The van der Waals surface area contributed by atoms with Crippen molar-refractivity contribution in [2.45, 2.75) is 6.92 Å². The van der Waals surface area contributed by atoms with Gasteiger partial charge in [-0.25, -0.2) is 5.10 Å². The first kappa shape index (κ1) is 9.57. The molecule has 2 aromatic rings. The van der Waals surface area contributed by atoms with Crippen molar-refractivity contribution in [2.75, 3.05) is 24.3 Å². The Bertz CT molecular complexity index is 441. The van der Waals surface area contributed by atoms with E-state index in [0.29, 0.717) is 11.9 Å². The third kappa shape index (κ3) is 1.93. The van der Waals surface area contributed by atoms with Crippen LogP contribution in [-0.4, -0.2) is 34.3 Å². The summed E-state index contributed by atoms with van der Waals surface area (Å²) in [4.78, 5) is 9.11. The fourth-order valence-electron chi connectivity index (χ4n) is 1.21. The van der Waals surface area contributed by atoms with Gasteiger partial charge in [-0.2, -0.15) is 4.98 Å². The Morgan fingerprint density at radius 1 is 1.33 bits per heavy atom. The minimum Gasteiger partial charge on any atom is -0.366 e. The second-order valence-corrected chi connectivity index (χ2v) is 3.56. The minimum atomic E-state index is 0.640. The molecule has 2 aromatic heterocycles. The lowest BCUT2D eigenvalue weighted by Crippen LogP contribution is -2.10. The van der Waals surface area contributed by atoms with Crippen molar-refractivity contribution >= 4 is 17.6 Å². The van der Waals surface area contributed by atoms with Crippen LogP contribution in [0.2, 0.25) is 0 Å². The molecule has 0 unspecified atom stereocenters. The second kappa shape index (κ2) is 3.64. The van der Waals surface area contributed by atoms with Crippen molar-refractivity contribution in [3.63, 3.8) is 0 Å². The molecule has 0 aliphatic rings. The molecule has 0 fully saturated rings. The molecule has 80 valence electrons. The largest absolute Gasteiger partial charge is 0.366 e. The highest BCUT2D eigenvalue weighted by atomic mass is 15.4. The van der Waals surface area contributed by atoms with Gasteiger partial charge in [0.15, 0.2) is 0 Å². The van der Waals surface area contributed by atoms with Crippen LogP contribution < -0.4 is 10.2 Å². The van der Waals surface area contributed by atoms with Crippen molar-refractivity contribution < 1.29 is 0 Å². The molecule has 0 aromatic carbocycles. The smallest absolute Gasteiger partial charge is 0.245 e. The molecule has 2 rings (SSSR count). The van der Waals surface area contributed by atoms with Crippen LogP contribution >= 0.6 is 0 Å². The molecule has 0 spiro atoms.